The third-order valence-electron chi connectivity index (χ3n) is 10.7. The molecule has 2 saturated heterocycles. The largest absolute Gasteiger partial charge is 0.453 e. The molecule has 4 amide bonds. The van der Waals surface area contributed by atoms with Gasteiger partial charge in [0.05, 0.1) is 70.2 Å². The van der Waals surface area contributed by atoms with Crippen LogP contribution < -0.4 is 16.0 Å². The molecule has 2 aromatic heterocycles. The zero-order chi connectivity index (χ0) is 43.1. The smallest absolute Gasteiger partial charge is 0.407 e. The summed E-state index contributed by atoms with van der Waals surface area (Å²) in [5.41, 5.74) is 3.44. The normalized spacial score (nSPS) is 19.5. The van der Waals surface area contributed by atoms with Crippen LogP contribution in [0.15, 0.2) is 36.7 Å². The number of nitrogens with one attached hydrogen (secondary N) is 5. The summed E-state index contributed by atoms with van der Waals surface area (Å²) in [6, 6.07) is 4.57. The maximum atomic E-state index is 13.6. The van der Waals surface area contributed by atoms with Crippen LogP contribution in [-0.2, 0) is 23.8 Å². The second-order valence-electron chi connectivity index (χ2n) is 15.0. The van der Waals surface area contributed by atoms with Gasteiger partial charge in [-0.3, -0.25) is 9.59 Å². The minimum Gasteiger partial charge on any atom is -0.453 e. The van der Waals surface area contributed by atoms with Crippen LogP contribution in [0.2, 0.25) is 20.1 Å². The van der Waals surface area contributed by atoms with Crippen LogP contribution in [0, 0.1) is 5.92 Å². The Bertz CT molecular complexity index is 2150. The highest BCUT2D eigenvalue weighted by atomic mass is 35.5. The van der Waals surface area contributed by atoms with Crippen LogP contribution in [0.1, 0.15) is 82.5 Å². The van der Waals surface area contributed by atoms with Crippen LogP contribution in [-0.4, -0.2) is 94.9 Å². The lowest BCUT2D eigenvalue weighted by molar-refractivity contribution is -0.135. The van der Waals surface area contributed by atoms with Crippen molar-refractivity contribution in [3.8, 4) is 33.6 Å². The van der Waals surface area contributed by atoms with Gasteiger partial charge in [-0.1, -0.05) is 73.1 Å². The van der Waals surface area contributed by atoms with E-state index in [1.165, 1.54) is 14.2 Å². The third-order valence-corrected chi connectivity index (χ3v) is 11.9. The van der Waals surface area contributed by atoms with E-state index in [0.29, 0.717) is 104 Å². The number of aromatic amines is 2. The molecule has 322 valence electrons. The lowest BCUT2D eigenvalue weighted by Crippen LogP contribution is -2.51. The van der Waals surface area contributed by atoms with E-state index in [4.69, 9.17) is 60.6 Å². The van der Waals surface area contributed by atoms with Crippen molar-refractivity contribution in [2.24, 2.45) is 5.92 Å². The first-order valence-electron chi connectivity index (χ1n) is 19.8. The summed E-state index contributed by atoms with van der Waals surface area (Å²) >= 11 is 27.6. The molecular weight excluding hydrogens is 858 g/mol. The molecule has 4 atom stereocenters. The van der Waals surface area contributed by atoms with Gasteiger partial charge >= 0.3 is 12.2 Å². The van der Waals surface area contributed by atoms with Crippen molar-refractivity contribution in [1.29, 1.82) is 0 Å². The van der Waals surface area contributed by atoms with Crippen molar-refractivity contribution in [3.05, 3.63) is 68.4 Å². The average molecular weight is 907 g/mol. The molecule has 0 unspecified atom stereocenters. The Balaban J connectivity index is 1.20. The lowest BCUT2D eigenvalue weighted by Gasteiger charge is -2.30. The Morgan fingerprint density at radius 1 is 0.783 bits per heavy atom. The van der Waals surface area contributed by atoms with E-state index in [9.17, 15) is 19.2 Å². The summed E-state index contributed by atoms with van der Waals surface area (Å²) in [4.78, 5) is 68.5. The van der Waals surface area contributed by atoms with Gasteiger partial charge in [0.2, 0.25) is 11.8 Å². The molecule has 4 heterocycles. The Labute approximate surface area is 367 Å². The number of benzene rings is 2. The zero-order valence-electron chi connectivity index (χ0n) is 33.6. The molecule has 2 aromatic carbocycles. The molecule has 0 saturated carbocycles. The van der Waals surface area contributed by atoms with Gasteiger partial charge in [-0.2, -0.15) is 0 Å². The first-order valence-corrected chi connectivity index (χ1v) is 21.3. The van der Waals surface area contributed by atoms with Crippen molar-refractivity contribution in [2.75, 3.05) is 34.0 Å². The second kappa shape index (κ2) is 20.3. The molecule has 0 aliphatic carbocycles. The molecule has 60 heavy (non-hydrogen) atoms. The fourth-order valence-corrected chi connectivity index (χ4v) is 8.89. The highest BCUT2D eigenvalue weighted by molar-refractivity contribution is 6.40. The molecule has 4 aromatic rings. The van der Waals surface area contributed by atoms with Crippen molar-refractivity contribution in [2.45, 2.75) is 83.0 Å². The van der Waals surface area contributed by atoms with E-state index in [0.717, 1.165) is 25.7 Å². The number of carbonyl (C=O) groups is 4. The molecule has 0 bridgehead atoms. The van der Waals surface area contributed by atoms with E-state index in [1.54, 1.807) is 41.6 Å². The van der Waals surface area contributed by atoms with Gasteiger partial charge in [-0.25, -0.2) is 19.6 Å². The number of carbonyl (C=O) groups excluding carboxylic acids is 4. The van der Waals surface area contributed by atoms with E-state index >= 15 is 0 Å². The van der Waals surface area contributed by atoms with Gasteiger partial charge in [0.15, 0.2) is 0 Å². The fourth-order valence-electron chi connectivity index (χ4n) is 7.51. The topological polar surface area (TPSA) is 193 Å². The number of methoxy groups -OCH3 is 2. The van der Waals surface area contributed by atoms with Gasteiger partial charge in [0.1, 0.15) is 23.7 Å². The molecule has 2 aliphatic heterocycles. The van der Waals surface area contributed by atoms with Crippen LogP contribution in [0.3, 0.4) is 0 Å². The van der Waals surface area contributed by atoms with Crippen molar-refractivity contribution >= 4 is 70.4 Å². The summed E-state index contributed by atoms with van der Waals surface area (Å²) in [6.45, 7) is 5.20. The van der Waals surface area contributed by atoms with Gasteiger partial charge in [0, 0.05) is 30.9 Å². The quantitative estimate of drug-likeness (QED) is 0.109. The minimum absolute atomic E-state index is 0.166. The number of aromatic nitrogens is 4. The number of alkyl carbamates (subject to hydrolysis) is 2. The standard InChI is InChI=1S/C41H48Cl4N8O7/c1-21(2)35(52-41(57)59-4)39(55)53-12-8-10-32(53)37-47-20-31(49-37)34-26(44)17-23(18-27(34)45)22-15-24(42)33(25(43)16-22)30-19-46-36(48-30)28-11-14-60-13-7-5-6-9-29(38(54)50-28)51-40(56)58-3/h15-21,28-29,32,35H,5-14H2,1-4H3,(H,46,48)(H,47,49)(H,50,54)(H,51,56)(H,52,57)/t28-,29-,32-,35-/m0/s1. The zero-order valence-corrected chi connectivity index (χ0v) is 36.7. The predicted octanol–water partition coefficient (Wildman–Crippen LogP) is 8.65. The van der Waals surface area contributed by atoms with E-state index < -0.39 is 30.3 Å². The summed E-state index contributed by atoms with van der Waals surface area (Å²) in [7, 11) is 2.51. The van der Waals surface area contributed by atoms with Crippen LogP contribution in [0.5, 0.6) is 0 Å². The Hall–Kier alpha value is -4.54. The van der Waals surface area contributed by atoms with E-state index in [-0.39, 0.29) is 23.8 Å². The Kier molecular flexibility index (Phi) is 15.3. The number of imidazole rings is 2. The SMILES string of the molecule is COC(=O)N[C@H]1CCCCCOCC[C@@H](c2ncc(-c3c(Cl)cc(-c4cc(Cl)c(-c5cnc([C@@H]6CCCN6C(=O)[C@@H](NC(=O)OC)C(C)C)[nH]5)c(Cl)c4)cc3Cl)[nH]2)NC1=O. The first kappa shape index (κ1) is 45.0. The number of hydrogen-bond acceptors (Lipinski definition) is 9. The molecule has 6 rings (SSSR count). The average Bonchev–Trinajstić information content (AvgIpc) is 4.00. The second-order valence-corrected chi connectivity index (χ2v) is 16.7. The number of rotatable bonds is 9. The van der Waals surface area contributed by atoms with Gasteiger partial charge in [-0.15, -0.1) is 0 Å². The summed E-state index contributed by atoms with van der Waals surface area (Å²) in [5, 5.41) is 9.65. The summed E-state index contributed by atoms with van der Waals surface area (Å²) < 4.78 is 15.3. The molecule has 2 fully saturated rings. The molecular formula is C41H48Cl4N8O7. The molecule has 0 spiro atoms. The van der Waals surface area contributed by atoms with Crippen LogP contribution >= 0.6 is 46.4 Å². The number of likely N-dealkylation sites (tertiary alicyclic amines) is 1. The molecule has 2 aliphatic rings. The maximum Gasteiger partial charge on any atom is 0.407 e. The van der Waals surface area contributed by atoms with Gasteiger partial charge < -0.3 is 45.0 Å². The molecule has 5 N–H and O–H groups in total. The Morgan fingerprint density at radius 2 is 1.37 bits per heavy atom. The van der Waals surface area contributed by atoms with E-state index in [2.05, 4.69) is 35.9 Å². The number of nitrogens with zero attached hydrogens (tertiary/aromatic N) is 3. The summed E-state index contributed by atoms with van der Waals surface area (Å²) in [6.07, 6.45) is 6.63. The third kappa shape index (κ3) is 10.5. The monoisotopic (exact) mass is 904 g/mol. The van der Waals surface area contributed by atoms with Crippen molar-refractivity contribution in [1.82, 2.24) is 40.8 Å². The highest BCUT2D eigenvalue weighted by Gasteiger charge is 2.38. The minimum atomic E-state index is -0.777. The first-order chi connectivity index (χ1) is 28.8. The number of hydrogen-bond donors (Lipinski definition) is 5. The number of amides is 4. The molecule has 19 heteroatoms. The van der Waals surface area contributed by atoms with Crippen molar-refractivity contribution < 1.29 is 33.4 Å². The molecule has 15 nitrogen and oxygen atoms in total. The van der Waals surface area contributed by atoms with Gasteiger partial charge in [-0.05, 0) is 73.4 Å². The highest BCUT2D eigenvalue weighted by Crippen LogP contribution is 2.43. The van der Waals surface area contributed by atoms with Crippen molar-refractivity contribution in [3.63, 3.8) is 0 Å². The lowest BCUT2D eigenvalue weighted by atomic mass is 10.0. The van der Waals surface area contributed by atoms with Gasteiger partial charge in [0.25, 0.3) is 0 Å². The Morgan fingerprint density at radius 3 is 1.95 bits per heavy atom. The predicted molar refractivity (Wildman–Crippen MR) is 229 cm³/mol. The van der Waals surface area contributed by atoms with Crippen LogP contribution in [0.4, 0.5) is 9.59 Å². The maximum absolute atomic E-state index is 13.6. The number of ether oxygens (including phenoxy) is 3. The van der Waals surface area contributed by atoms with E-state index in [1.807, 2.05) is 13.8 Å². The molecule has 0 radical (unpaired) electrons. The number of halogens is 4. The number of H-pyrrole nitrogens is 2. The van der Waals surface area contributed by atoms with Crippen LogP contribution in [0.25, 0.3) is 33.6 Å². The summed E-state index contributed by atoms with van der Waals surface area (Å²) in [5.74, 6) is 0.295. The fraction of sp³-hybridized carbons (Fsp3) is 0.463.